The number of sulfonamides is 1. The Kier molecular flexibility index (Phi) is 7.31. The van der Waals surface area contributed by atoms with E-state index in [2.05, 4.69) is 10.2 Å². The first kappa shape index (κ1) is 23.7. The van der Waals surface area contributed by atoms with Crippen LogP contribution in [0.1, 0.15) is 37.3 Å². The number of nitrogens with one attached hydrogen (secondary N) is 1. The Balaban J connectivity index is 1.47. The van der Waals surface area contributed by atoms with Crippen LogP contribution in [0.25, 0.3) is 0 Å². The van der Waals surface area contributed by atoms with E-state index in [4.69, 9.17) is 4.74 Å². The number of nitrogens with zero attached hydrogens (tertiary/aromatic N) is 2. The van der Waals surface area contributed by atoms with Crippen LogP contribution in [-0.4, -0.2) is 62.9 Å². The molecule has 0 radical (unpaired) electrons. The SMILES string of the molecule is COc1ccc([C@H](CNC(=O)[C@@H]2CCCN2S(=O)(=O)c2ccc(F)cc2)N2CCCC2)cc1. The van der Waals surface area contributed by atoms with Gasteiger partial charge >= 0.3 is 0 Å². The molecule has 2 atom stereocenters. The van der Waals surface area contributed by atoms with Crippen molar-refractivity contribution in [2.75, 3.05) is 33.3 Å². The van der Waals surface area contributed by atoms with Gasteiger partial charge in [0.05, 0.1) is 18.0 Å². The van der Waals surface area contributed by atoms with E-state index < -0.39 is 21.9 Å². The molecule has 0 aliphatic carbocycles. The molecule has 0 unspecified atom stereocenters. The molecule has 2 fully saturated rings. The number of rotatable bonds is 8. The van der Waals surface area contributed by atoms with Crippen molar-refractivity contribution in [2.45, 2.75) is 42.7 Å². The molecule has 2 aromatic rings. The lowest BCUT2D eigenvalue weighted by atomic mass is 10.0. The van der Waals surface area contributed by atoms with Gasteiger partial charge in [-0.15, -0.1) is 0 Å². The molecular formula is C24H30FN3O4S. The summed E-state index contributed by atoms with van der Waals surface area (Å²) in [5.41, 5.74) is 1.08. The van der Waals surface area contributed by atoms with Crippen molar-refractivity contribution in [1.82, 2.24) is 14.5 Å². The molecule has 2 aliphatic heterocycles. The van der Waals surface area contributed by atoms with Crippen molar-refractivity contribution in [2.24, 2.45) is 0 Å². The Morgan fingerprint density at radius 3 is 2.36 bits per heavy atom. The standard InChI is InChI=1S/C24H30FN3O4S/c1-32-20-10-6-18(7-11-20)23(27-14-2-3-15-27)17-26-24(29)22-5-4-16-28(22)33(30,31)21-12-8-19(25)9-13-21/h6-13,22-23H,2-5,14-17H2,1H3,(H,26,29)/t22-,23-/m0/s1. The number of hydrogen-bond donors (Lipinski definition) is 1. The highest BCUT2D eigenvalue weighted by atomic mass is 32.2. The van der Waals surface area contributed by atoms with E-state index in [1.807, 2.05) is 24.3 Å². The lowest BCUT2D eigenvalue weighted by Gasteiger charge is -2.30. The van der Waals surface area contributed by atoms with Gasteiger partial charge in [-0.2, -0.15) is 4.31 Å². The van der Waals surface area contributed by atoms with Crippen molar-refractivity contribution in [1.29, 1.82) is 0 Å². The Hall–Kier alpha value is -2.49. The summed E-state index contributed by atoms with van der Waals surface area (Å²) >= 11 is 0. The number of carbonyl (C=O) groups is 1. The van der Waals surface area contributed by atoms with Crippen molar-refractivity contribution >= 4 is 15.9 Å². The summed E-state index contributed by atoms with van der Waals surface area (Å²) in [4.78, 5) is 15.5. The van der Waals surface area contributed by atoms with Crippen LogP contribution < -0.4 is 10.1 Å². The molecule has 2 aliphatic rings. The summed E-state index contributed by atoms with van der Waals surface area (Å²) < 4.78 is 46.0. The van der Waals surface area contributed by atoms with E-state index in [0.717, 1.165) is 49.4 Å². The fourth-order valence-electron chi connectivity index (χ4n) is 4.68. The van der Waals surface area contributed by atoms with Gasteiger partial charge in [-0.3, -0.25) is 9.69 Å². The van der Waals surface area contributed by atoms with Crippen LogP contribution in [-0.2, 0) is 14.8 Å². The monoisotopic (exact) mass is 475 g/mol. The minimum absolute atomic E-state index is 0.00299. The predicted molar refractivity (Wildman–Crippen MR) is 123 cm³/mol. The molecule has 2 heterocycles. The van der Waals surface area contributed by atoms with Gasteiger partial charge in [0.15, 0.2) is 0 Å². The second-order valence-corrected chi connectivity index (χ2v) is 10.4. The van der Waals surface area contributed by atoms with Crippen molar-refractivity contribution in [3.63, 3.8) is 0 Å². The lowest BCUT2D eigenvalue weighted by molar-refractivity contribution is -0.124. The van der Waals surface area contributed by atoms with E-state index in [1.54, 1.807) is 7.11 Å². The number of methoxy groups -OCH3 is 1. The van der Waals surface area contributed by atoms with Gasteiger partial charge in [0.25, 0.3) is 0 Å². The van der Waals surface area contributed by atoms with Gasteiger partial charge in [-0.1, -0.05) is 12.1 Å². The summed E-state index contributed by atoms with van der Waals surface area (Å²) in [5, 5.41) is 3.01. The second kappa shape index (κ2) is 10.2. The fourth-order valence-corrected chi connectivity index (χ4v) is 6.34. The highest BCUT2D eigenvalue weighted by Gasteiger charge is 2.39. The number of benzene rings is 2. The Morgan fingerprint density at radius 2 is 1.73 bits per heavy atom. The van der Waals surface area contributed by atoms with Crippen LogP contribution >= 0.6 is 0 Å². The van der Waals surface area contributed by atoms with Gasteiger partial charge in [0.1, 0.15) is 17.6 Å². The first-order valence-corrected chi connectivity index (χ1v) is 12.8. The Labute approximate surface area is 194 Å². The van der Waals surface area contributed by atoms with E-state index in [0.29, 0.717) is 19.4 Å². The number of carbonyl (C=O) groups excluding carboxylic acids is 1. The van der Waals surface area contributed by atoms with Crippen LogP contribution in [0.5, 0.6) is 5.75 Å². The third-order valence-electron chi connectivity index (χ3n) is 6.48. The molecular weight excluding hydrogens is 445 g/mol. The third-order valence-corrected chi connectivity index (χ3v) is 8.40. The predicted octanol–water partition coefficient (Wildman–Crippen LogP) is 2.94. The number of hydrogen-bond acceptors (Lipinski definition) is 5. The Bertz CT molecular complexity index is 1050. The highest BCUT2D eigenvalue weighted by Crippen LogP contribution is 2.28. The molecule has 4 rings (SSSR count). The molecule has 0 aromatic heterocycles. The zero-order valence-electron chi connectivity index (χ0n) is 18.7. The van der Waals surface area contributed by atoms with Crippen molar-refractivity contribution in [3.05, 3.63) is 59.9 Å². The number of ether oxygens (including phenoxy) is 1. The number of amides is 1. The minimum atomic E-state index is -3.88. The summed E-state index contributed by atoms with van der Waals surface area (Å²) in [6.07, 6.45) is 3.30. The van der Waals surface area contributed by atoms with Gasteiger partial charge in [0, 0.05) is 13.1 Å². The average molecular weight is 476 g/mol. The molecule has 178 valence electrons. The van der Waals surface area contributed by atoms with Gasteiger partial charge < -0.3 is 10.1 Å². The summed E-state index contributed by atoms with van der Waals surface area (Å²) in [5.74, 6) is -0.0254. The number of likely N-dealkylation sites (tertiary alicyclic amines) is 1. The molecule has 0 spiro atoms. The molecule has 2 aromatic carbocycles. The highest BCUT2D eigenvalue weighted by molar-refractivity contribution is 7.89. The van der Waals surface area contributed by atoms with Gasteiger partial charge in [0.2, 0.25) is 15.9 Å². The first-order valence-electron chi connectivity index (χ1n) is 11.3. The van der Waals surface area contributed by atoms with Crippen LogP contribution in [0.2, 0.25) is 0 Å². The van der Waals surface area contributed by atoms with Crippen LogP contribution in [0.4, 0.5) is 4.39 Å². The minimum Gasteiger partial charge on any atom is -0.497 e. The smallest absolute Gasteiger partial charge is 0.243 e. The summed E-state index contributed by atoms with van der Waals surface area (Å²) in [6, 6.07) is 11.8. The van der Waals surface area contributed by atoms with Crippen LogP contribution in [0, 0.1) is 5.82 Å². The molecule has 0 saturated carbocycles. The largest absolute Gasteiger partial charge is 0.497 e. The van der Waals surface area contributed by atoms with Gasteiger partial charge in [-0.05, 0) is 80.7 Å². The van der Waals surface area contributed by atoms with E-state index in [-0.39, 0.29) is 23.4 Å². The zero-order valence-corrected chi connectivity index (χ0v) is 19.6. The molecule has 7 nitrogen and oxygen atoms in total. The fraction of sp³-hybridized carbons (Fsp3) is 0.458. The van der Waals surface area contributed by atoms with E-state index in [9.17, 15) is 17.6 Å². The van der Waals surface area contributed by atoms with Crippen LogP contribution in [0.15, 0.2) is 53.4 Å². The van der Waals surface area contributed by atoms with Gasteiger partial charge in [-0.25, -0.2) is 12.8 Å². The lowest BCUT2D eigenvalue weighted by Crippen LogP contribution is -2.47. The van der Waals surface area contributed by atoms with E-state index in [1.165, 1.54) is 16.4 Å². The molecule has 1 N–H and O–H groups in total. The Morgan fingerprint density at radius 1 is 1.06 bits per heavy atom. The molecule has 1 amide bonds. The summed E-state index contributed by atoms with van der Waals surface area (Å²) in [6.45, 7) is 2.58. The molecule has 2 saturated heterocycles. The van der Waals surface area contributed by atoms with Crippen molar-refractivity contribution < 1.29 is 22.3 Å². The van der Waals surface area contributed by atoms with Crippen molar-refractivity contribution in [3.8, 4) is 5.75 Å². The molecule has 33 heavy (non-hydrogen) atoms. The first-order chi connectivity index (χ1) is 15.9. The topological polar surface area (TPSA) is 79.0 Å². The van der Waals surface area contributed by atoms with Crippen LogP contribution in [0.3, 0.4) is 0 Å². The zero-order chi connectivity index (χ0) is 23.4. The third kappa shape index (κ3) is 5.20. The maximum Gasteiger partial charge on any atom is 0.243 e. The molecule has 0 bridgehead atoms. The maximum atomic E-state index is 13.3. The second-order valence-electron chi connectivity index (χ2n) is 8.50. The number of halogens is 1. The maximum absolute atomic E-state index is 13.3. The average Bonchev–Trinajstić information content (AvgIpc) is 3.53. The normalized spacial score (nSPS) is 20.6. The summed E-state index contributed by atoms with van der Waals surface area (Å²) in [7, 11) is -2.26. The molecule has 9 heteroatoms. The quantitative estimate of drug-likeness (QED) is 0.635. The van der Waals surface area contributed by atoms with E-state index >= 15 is 0 Å².